The summed E-state index contributed by atoms with van der Waals surface area (Å²) in [6.45, 7) is 3.47. The Kier molecular flexibility index (Phi) is 4.47. The Balaban J connectivity index is 2.18. The van der Waals surface area contributed by atoms with Gasteiger partial charge in [0.2, 0.25) is 0 Å². The number of thiophene rings is 1. The lowest BCUT2D eigenvalue weighted by Gasteiger charge is -2.15. The Morgan fingerprint density at radius 2 is 2.45 bits per heavy atom. The number of carbonyl (C=O) groups is 1. The first kappa shape index (κ1) is 14.6. The number of rotatable bonds is 4. The highest BCUT2D eigenvalue weighted by Gasteiger charge is 2.27. The van der Waals surface area contributed by atoms with Gasteiger partial charge in [0, 0.05) is 19.1 Å². The number of nitrogen functional groups attached to an aromatic ring is 1. The van der Waals surface area contributed by atoms with Crippen molar-refractivity contribution in [3.8, 4) is 6.07 Å². The molecule has 7 heteroatoms. The predicted octanol–water partition coefficient (Wildman–Crippen LogP) is 1.83. The highest BCUT2D eigenvalue weighted by Crippen LogP contribution is 2.36. The van der Waals surface area contributed by atoms with Crippen molar-refractivity contribution in [2.75, 3.05) is 31.3 Å². The maximum Gasteiger partial charge on any atom is 0.343 e. The average Bonchev–Trinajstić information content (AvgIpc) is 2.99. The van der Waals surface area contributed by atoms with Crippen LogP contribution in [0.25, 0.3) is 0 Å². The van der Waals surface area contributed by atoms with E-state index >= 15 is 0 Å². The summed E-state index contributed by atoms with van der Waals surface area (Å²) in [4.78, 5) is 12.1. The van der Waals surface area contributed by atoms with E-state index in [9.17, 15) is 4.79 Å². The number of carbonyl (C=O) groups excluding carboxylic acids is 1. The first-order chi connectivity index (χ1) is 9.58. The molecule has 6 nitrogen and oxygen atoms in total. The number of hydrogen-bond donors (Lipinski definition) is 2. The number of nitrogens with one attached hydrogen (secondary N) is 1. The van der Waals surface area contributed by atoms with Crippen molar-refractivity contribution in [1.29, 1.82) is 5.26 Å². The van der Waals surface area contributed by atoms with Crippen LogP contribution in [0.1, 0.15) is 28.6 Å². The highest BCUT2D eigenvalue weighted by atomic mass is 32.1. The van der Waals surface area contributed by atoms with Crippen molar-refractivity contribution in [3.63, 3.8) is 0 Å². The maximum absolute atomic E-state index is 11.8. The normalized spacial score (nSPS) is 21.4. The van der Waals surface area contributed by atoms with Gasteiger partial charge in [-0.2, -0.15) is 5.26 Å². The van der Waals surface area contributed by atoms with Crippen LogP contribution in [0, 0.1) is 17.2 Å². The van der Waals surface area contributed by atoms with E-state index in [2.05, 4.69) is 5.32 Å². The van der Waals surface area contributed by atoms with Gasteiger partial charge in [0.15, 0.2) is 0 Å². The summed E-state index contributed by atoms with van der Waals surface area (Å²) < 4.78 is 10.2. The van der Waals surface area contributed by atoms with Crippen molar-refractivity contribution in [1.82, 2.24) is 0 Å². The smallest absolute Gasteiger partial charge is 0.343 e. The molecule has 108 valence electrons. The monoisotopic (exact) mass is 295 g/mol. The molecule has 1 aromatic rings. The van der Waals surface area contributed by atoms with Gasteiger partial charge in [0.05, 0.1) is 18.9 Å². The first-order valence-corrected chi connectivity index (χ1v) is 7.16. The molecule has 1 saturated heterocycles. The second-order valence-electron chi connectivity index (χ2n) is 4.66. The summed E-state index contributed by atoms with van der Waals surface area (Å²) >= 11 is 1.18. The molecule has 2 heterocycles. The number of nitrogens with two attached hydrogens (primary N) is 1. The Morgan fingerprint density at radius 3 is 3.00 bits per heavy atom. The quantitative estimate of drug-likeness (QED) is 0.822. The molecule has 1 aliphatic rings. The number of esters is 1. The van der Waals surface area contributed by atoms with Crippen molar-refractivity contribution in [2.45, 2.75) is 19.4 Å². The van der Waals surface area contributed by atoms with Gasteiger partial charge in [-0.15, -0.1) is 11.3 Å². The zero-order valence-corrected chi connectivity index (χ0v) is 12.3. The molecular weight excluding hydrogens is 278 g/mol. The lowest BCUT2D eigenvalue weighted by molar-refractivity contribution is 0.0603. The van der Waals surface area contributed by atoms with E-state index in [0.29, 0.717) is 22.3 Å². The van der Waals surface area contributed by atoms with Crippen LogP contribution >= 0.6 is 11.3 Å². The summed E-state index contributed by atoms with van der Waals surface area (Å²) in [6, 6.07) is 1.99. The molecule has 0 amide bonds. The van der Waals surface area contributed by atoms with E-state index in [0.717, 1.165) is 13.0 Å². The van der Waals surface area contributed by atoms with Gasteiger partial charge < -0.3 is 20.5 Å². The zero-order valence-electron chi connectivity index (χ0n) is 11.4. The number of anilines is 2. The molecule has 0 radical (unpaired) electrons. The van der Waals surface area contributed by atoms with Crippen LogP contribution in [-0.4, -0.2) is 32.3 Å². The minimum absolute atomic E-state index is 0.183. The first-order valence-electron chi connectivity index (χ1n) is 6.34. The van der Waals surface area contributed by atoms with Crippen LogP contribution < -0.4 is 11.1 Å². The highest BCUT2D eigenvalue weighted by molar-refractivity contribution is 7.17. The fourth-order valence-corrected chi connectivity index (χ4v) is 3.14. The lowest BCUT2D eigenvalue weighted by atomic mass is 10.0. The van der Waals surface area contributed by atoms with Crippen molar-refractivity contribution >= 4 is 28.0 Å². The number of nitrogens with zero attached hydrogens (tertiary/aromatic N) is 1. The summed E-state index contributed by atoms with van der Waals surface area (Å²) in [6.07, 6.45) is 1.17. The van der Waals surface area contributed by atoms with Crippen LogP contribution in [-0.2, 0) is 9.47 Å². The van der Waals surface area contributed by atoms with E-state index in [1.165, 1.54) is 18.4 Å². The van der Waals surface area contributed by atoms with Gasteiger partial charge in [-0.05, 0) is 13.3 Å². The number of hydrogen-bond acceptors (Lipinski definition) is 7. The van der Waals surface area contributed by atoms with Crippen molar-refractivity contribution in [2.24, 2.45) is 5.92 Å². The van der Waals surface area contributed by atoms with Crippen LogP contribution in [0.2, 0.25) is 0 Å². The molecule has 1 aliphatic heterocycles. The number of ether oxygens (including phenoxy) is 2. The van der Waals surface area contributed by atoms with E-state index in [-0.39, 0.29) is 17.4 Å². The number of nitriles is 1. The van der Waals surface area contributed by atoms with Crippen LogP contribution in [0.3, 0.4) is 0 Å². The Morgan fingerprint density at radius 1 is 1.70 bits per heavy atom. The van der Waals surface area contributed by atoms with E-state index < -0.39 is 5.97 Å². The maximum atomic E-state index is 11.8. The molecule has 0 aliphatic carbocycles. The standard InChI is InChI=1S/C13H17N3O3S/c1-7-8(3-4-19-7)6-16-12-10(13(17)18-2)11(15)9(5-14)20-12/h7-8,16H,3-4,6,15H2,1-2H3. The second kappa shape index (κ2) is 6.11. The van der Waals surface area contributed by atoms with Gasteiger partial charge in [-0.25, -0.2) is 4.79 Å². The molecule has 0 aromatic carbocycles. The molecule has 20 heavy (non-hydrogen) atoms. The van der Waals surface area contributed by atoms with E-state index in [1.54, 1.807) is 0 Å². The second-order valence-corrected chi connectivity index (χ2v) is 5.68. The third-order valence-corrected chi connectivity index (χ3v) is 4.56. The molecule has 1 aromatic heterocycles. The Labute approximate surface area is 121 Å². The van der Waals surface area contributed by atoms with Crippen LogP contribution in [0.15, 0.2) is 0 Å². The molecule has 0 spiro atoms. The fourth-order valence-electron chi connectivity index (χ4n) is 2.22. The van der Waals surface area contributed by atoms with Gasteiger partial charge in [0.25, 0.3) is 0 Å². The molecule has 2 unspecified atom stereocenters. The van der Waals surface area contributed by atoms with E-state index in [4.69, 9.17) is 20.5 Å². The van der Waals surface area contributed by atoms with Crippen LogP contribution in [0.4, 0.5) is 10.7 Å². The minimum Gasteiger partial charge on any atom is -0.465 e. The van der Waals surface area contributed by atoms with Crippen molar-refractivity contribution < 1.29 is 14.3 Å². The summed E-state index contributed by atoms with van der Waals surface area (Å²) in [5.41, 5.74) is 6.26. The fraction of sp³-hybridized carbons (Fsp3) is 0.538. The van der Waals surface area contributed by atoms with Gasteiger partial charge in [-0.1, -0.05) is 0 Å². The predicted molar refractivity (Wildman–Crippen MR) is 76.8 cm³/mol. The third-order valence-electron chi connectivity index (χ3n) is 3.49. The minimum atomic E-state index is -0.529. The van der Waals surface area contributed by atoms with Gasteiger partial charge in [-0.3, -0.25) is 0 Å². The Bertz CT molecular complexity index is 550. The van der Waals surface area contributed by atoms with Gasteiger partial charge in [0.1, 0.15) is 21.5 Å². The molecule has 2 rings (SSSR count). The van der Waals surface area contributed by atoms with Crippen molar-refractivity contribution in [3.05, 3.63) is 10.4 Å². The SMILES string of the molecule is COC(=O)c1c(NCC2CCOC2C)sc(C#N)c1N. The van der Waals surface area contributed by atoms with Crippen LogP contribution in [0.5, 0.6) is 0 Å². The van der Waals surface area contributed by atoms with E-state index in [1.807, 2.05) is 13.0 Å². The Hall–Kier alpha value is -1.78. The molecule has 1 fully saturated rings. The molecule has 0 bridgehead atoms. The molecule has 3 N–H and O–H groups in total. The lowest BCUT2D eigenvalue weighted by Crippen LogP contribution is -2.21. The number of methoxy groups -OCH3 is 1. The topological polar surface area (TPSA) is 97.4 Å². The molecule has 2 atom stereocenters. The summed E-state index contributed by atoms with van der Waals surface area (Å²) in [5.74, 6) is -0.146. The largest absolute Gasteiger partial charge is 0.465 e. The molecular formula is C13H17N3O3S. The summed E-state index contributed by atoms with van der Waals surface area (Å²) in [5, 5.41) is 12.8. The third kappa shape index (κ3) is 2.71. The summed E-state index contributed by atoms with van der Waals surface area (Å²) in [7, 11) is 1.29. The average molecular weight is 295 g/mol. The zero-order chi connectivity index (χ0) is 14.7. The van der Waals surface area contributed by atoms with Gasteiger partial charge >= 0.3 is 5.97 Å². The molecule has 0 saturated carbocycles.